The second kappa shape index (κ2) is 3.77. The Morgan fingerprint density at radius 1 is 1.47 bits per heavy atom. The fourth-order valence-corrected chi connectivity index (χ4v) is 4.40. The molecule has 2 aliphatic carbocycles. The number of fused-ring (bicyclic) bond motifs is 2. The molecule has 0 radical (unpaired) electrons. The summed E-state index contributed by atoms with van der Waals surface area (Å²) in [6.07, 6.45) is 2.06. The molecule has 2 nitrogen and oxygen atoms in total. The van der Waals surface area contributed by atoms with Gasteiger partial charge in [-0.25, -0.2) is 13.8 Å². The third-order valence-electron chi connectivity index (χ3n) is 4.31. The van der Waals surface area contributed by atoms with Crippen molar-refractivity contribution in [1.82, 2.24) is 0 Å². The molecule has 3 aliphatic rings. The number of carbonyl (C=O) groups is 1. The van der Waals surface area contributed by atoms with E-state index < -0.39 is 11.8 Å². The van der Waals surface area contributed by atoms with Crippen molar-refractivity contribution in [3.05, 3.63) is 0 Å². The van der Waals surface area contributed by atoms with E-state index >= 15 is 0 Å². The van der Waals surface area contributed by atoms with Crippen LogP contribution in [0.4, 0.5) is 8.78 Å². The molecule has 0 aromatic carbocycles. The normalized spacial score (nSPS) is 43.2. The average molecular weight is 259 g/mol. The Labute approximate surface area is 103 Å². The van der Waals surface area contributed by atoms with Gasteiger partial charge in [0.15, 0.2) is 0 Å². The molecule has 3 rings (SSSR count). The van der Waals surface area contributed by atoms with Crippen LogP contribution < -0.4 is 0 Å². The van der Waals surface area contributed by atoms with Gasteiger partial charge in [0.05, 0.1) is 10.3 Å². The van der Waals surface area contributed by atoms with Crippen molar-refractivity contribution < 1.29 is 13.6 Å². The Kier molecular flexibility index (Phi) is 2.58. The minimum atomic E-state index is -2.44. The maximum atomic E-state index is 13.4. The van der Waals surface area contributed by atoms with Crippen molar-refractivity contribution in [2.75, 3.05) is 0 Å². The number of nitrogens with zero attached hydrogens (tertiary/aromatic N) is 1. The van der Waals surface area contributed by atoms with Crippen LogP contribution in [0.3, 0.4) is 0 Å². The first-order valence-corrected chi connectivity index (χ1v) is 6.99. The lowest BCUT2D eigenvalue weighted by molar-refractivity contribution is -0.116. The Balaban J connectivity index is 1.63. The topological polar surface area (TPSA) is 29.4 Å². The standard InChI is InChI=1S/C12H15F2NOS/c1-6-11(16)15-10(17-6)4-7-2-9-3-8(7)5-12(9,13)14/h6-9H,2-5H2,1H3/t6-,7?,8?,9?/m0/s1. The minimum absolute atomic E-state index is 0.0454. The number of hydrogen-bond acceptors (Lipinski definition) is 2. The molecule has 1 heterocycles. The van der Waals surface area contributed by atoms with E-state index in [2.05, 4.69) is 4.99 Å². The quantitative estimate of drug-likeness (QED) is 0.762. The Morgan fingerprint density at radius 3 is 2.71 bits per heavy atom. The molecule has 4 atom stereocenters. The van der Waals surface area contributed by atoms with E-state index in [0.29, 0.717) is 18.8 Å². The van der Waals surface area contributed by atoms with Crippen LogP contribution in [0.2, 0.25) is 0 Å². The summed E-state index contributed by atoms with van der Waals surface area (Å²) in [7, 11) is 0. The van der Waals surface area contributed by atoms with Crippen LogP contribution in [-0.4, -0.2) is 22.1 Å². The van der Waals surface area contributed by atoms with Crippen molar-refractivity contribution in [2.24, 2.45) is 22.7 Å². The highest BCUT2D eigenvalue weighted by Gasteiger charge is 2.56. The zero-order valence-corrected chi connectivity index (χ0v) is 10.5. The van der Waals surface area contributed by atoms with Gasteiger partial charge in [-0.2, -0.15) is 0 Å². The number of thioether (sulfide) groups is 1. The summed E-state index contributed by atoms with van der Waals surface area (Å²) in [5.41, 5.74) is 0. The smallest absolute Gasteiger partial charge is 0.259 e. The highest BCUT2D eigenvalue weighted by molar-refractivity contribution is 8.15. The van der Waals surface area contributed by atoms with Crippen LogP contribution in [-0.2, 0) is 4.79 Å². The Morgan fingerprint density at radius 2 is 2.24 bits per heavy atom. The molecule has 0 N–H and O–H groups in total. The van der Waals surface area contributed by atoms with Crippen molar-refractivity contribution in [1.29, 1.82) is 0 Å². The molecule has 5 heteroatoms. The van der Waals surface area contributed by atoms with E-state index in [9.17, 15) is 13.6 Å². The highest BCUT2D eigenvalue weighted by atomic mass is 32.2. The van der Waals surface area contributed by atoms with Crippen LogP contribution in [0.25, 0.3) is 0 Å². The van der Waals surface area contributed by atoms with E-state index in [-0.39, 0.29) is 23.5 Å². The number of halogens is 2. The molecular weight excluding hydrogens is 244 g/mol. The summed E-state index contributed by atoms with van der Waals surface area (Å²) in [5, 5.41) is 0.786. The summed E-state index contributed by atoms with van der Waals surface area (Å²) in [6.45, 7) is 1.85. The summed E-state index contributed by atoms with van der Waals surface area (Å²) in [5.74, 6) is -2.46. The van der Waals surface area contributed by atoms with Crippen molar-refractivity contribution in [3.63, 3.8) is 0 Å². The molecule has 2 fully saturated rings. The van der Waals surface area contributed by atoms with Crippen LogP contribution in [0, 0.1) is 17.8 Å². The van der Waals surface area contributed by atoms with E-state index in [1.807, 2.05) is 6.92 Å². The SMILES string of the molecule is C[C@@H]1SC(CC2CC3CC2CC3(F)F)=NC1=O. The van der Waals surface area contributed by atoms with E-state index in [0.717, 1.165) is 11.5 Å². The van der Waals surface area contributed by atoms with Gasteiger partial charge in [-0.1, -0.05) is 11.8 Å². The highest BCUT2D eigenvalue weighted by Crippen LogP contribution is 2.57. The predicted octanol–water partition coefficient (Wildman–Crippen LogP) is 3.12. The second-order valence-electron chi connectivity index (χ2n) is 5.46. The Hall–Kier alpha value is -0.450. The van der Waals surface area contributed by atoms with Gasteiger partial charge < -0.3 is 0 Å². The van der Waals surface area contributed by atoms with Crippen molar-refractivity contribution in [3.8, 4) is 0 Å². The lowest BCUT2D eigenvalue weighted by atomic mass is 9.85. The molecule has 2 saturated carbocycles. The molecule has 17 heavy (non-hydrogen) atoms. The van der Waals surface area contributed by atoms with Crippen LogP contribution in [0.5, 0.6) is 0 Å². The molecule has 1 amide bonds. The number of carbonyl (C=O) groups excluding carboxylic acids is 1. The van der Waals surface area contributed by atoms with Gasteiger partial charge in [-0.3, -0.25) is 4.79 Å². The van der Waals surface area contributed by atoms with E-state index in [1.165, 1.54) is 11.8 Å². The first-order valence-electron chi connectivity index (χ1n) is 6.11. The molecular formula is C12H15F2NOS. The summed E-state index contributed by atoms with van der Waals surface area (Å²) in [4.78, 5) is 15.3. The van der Waals surface area contributed by atoms with Crippen molar-refractivity contribution in [2.45, 2.75) is 43.8 Å². The van der Waals surface area contributed by atoms with Gasteiger partial charge in [0.2, 0.25) is 0 Å². The molecule has 1 aliphatic heterocycles. The van der Waals surface area contributed by atoms with E-state index in [4.69, 9.17) is 0 Å². The van der Waals surface area contributed by atoms with Gasteiger partial charge in [-0.15, -0.1) is 0 Å². The summed E-state index contributed by atoms with van der Waals surface area (Å²) in [6, 6.07) is 0. The van der Waals surface area contributed by atoms with Gasteiger partial charge in [-0.05, 0) is 38.0 Å². The van der Waals surface area contributed by atoms with Gasteiger partial charge in [0, 0.05) is 12.3 Å². The summed E-state index contributed by atoms with van der Waals surface area (Å²) >= 11 is 1.50. The molecule has 0 saturated heterocycles. The molecule has 0 spiro atoms. The third-order valence-corrected chi connectivity index (χ3v) is 5.39. The van der Waals surface area contributed by atoms with Gasteiger partial charge in [0.25, 0.3) is 11.8 Å². The lowest BCUT2D eigenvalue weighted by Crippen LogP contribution is -2.28. The molecule has 3 unspecified atom stereocenters. The predicted molar refractivity (Wildman–Crippen MR) is 63.4 cm³/mol. The monoisotopic (exact) mass is 259 g/mol. The maximum absolute atomic E-state index is 13.4. The summed E-state index contributed by atoms with van der Waals surface area (Å²) < 4.78 is 26.7. The second-order valence-corrected chi connectivity index (χ2v) is 6.88. The molecule has 0 aromatic rings. The van der Waals surface area contributed by atoms with Crippen LogP contribution in [0.1, 0.15) is 32.6 Å². The maximum Gasteiger partial charge on any atom is 0.259 e. The van der Waals surface area contributed by atoms with Crippen molar-refractivity contribution >= 4 is 22.7 Å². The van der Waals surface area contributed by atoms with Crippen LogP contribution >= 0.6 is 11.8 Å². The number of hydrogen-bond donors (Lipinski definition) is 0. The zero-order chi connectivity index (χ0) is 12.2. The zero-order valence-electron chi connectivity index (χ0n) is 9.66. The fourth-order valence-electron chi connectivity index (χ4n) is 3.39. The van der Waals surface area contributed by atoms with Crippen LogP contribution in [0.15, 0.2) is 4.99 Å². The largest absolute Gasteiger partial charge is 0.271 e. The minimum Gasteiger partial charge on any atom is -0.271 e. The van der Waals surface area contributed by atoms with E-state index in [1.54, 1.807) is 0 Å². The number of alkyl halides is 2. The fraction of sp³-hybridized carbons (Fsp3) is 0.833. The number of aliphatic imine (C=N–C) groups is 1. The van der Waals surface area contributed by atoms with Gasteiger partial charge >= 0.3 is 0 Å². The molecule has 0 aromatic heterocycles. The Bertz CT molecular complexity index is 396. The molecule has 2 bridgehead atoms. The lowest BCUT2D eigenvalue weighted by Gasteiger charge is -2.27. The average Bonchev–Trinajstić information content (AvgIpc) is 2.81. The molecule has 94 valence electrons. The third kappa shape index (κ3) is 1.92. The first kappa shape index (κ1) is 11.6. The first-order chi connectivity index (χ1) is 7.95. The number of rotatable bonds is 2. The number of amides is 1. The van der Waals surface area contributed by atoms with Gasteiger partial charge in [0.1, 0.15) is 0 Å².